The average Bonchev–Trinajstić information content (AvgIpc) is 2.19. The fourth-order valence-electron chi connectivity index (χ4n) is 1.22. The highest BCUT2D eigenvalue weighted by atomic mass is 16.6. The SMILES string of the molecule is C=CCc1cc([N+](=O)[O-])c(O)c([N+](=O)[O-])c1. The van der Waals surface area contributed by atoms with Crippen molar-refractivity contribution in [2.45, 2.75) is 6.42 Å². The van der Waals surface area contributed by atoms with Gasteiger partial charge in [-0.2, -0.15) is 0 Å². The summed E-state index contributed by atoms with van der Waals surface area (Å²) in [5.74, 6) is -0.928. The molecule has 0 aliphatic heterocycles. The van der Waals surface area contributed by atoms with Crippen LogP contribution in [0.25, 0.3) is 0 Å². The number of nitro benzene ring substituents is 2. The van der Waals surface area contributed by atoms with Crippen molar-refractivity contribution in [2.24, 2.45) is 0 Å². The molecule has 0 fully saturated rings. The molecule has 0 aliphatic carbocycles. The summed E-state index contributed by atoms with van der Waals surface area (Å²) in [7, 11) is 0. The van der Waals surface area contributed by atoms with Crippen molar-refractivity contribution < 1.29 is 15.0 Å². The Morgan fingerprint density at radius 2 is 1.69 bits per heavy atom. The Morgan fingerprint density at radius 3 is 2.00 bits per heavy atom. The van der Waals surface area contributed by atoms with E-state index in [0.29, 0.717) is 5.56 Å². The van der Waals surface area contributed by atoms with Gasteiger partial charge in [-0.3, -0.25) is 20.2 Å². The molecule has 0 amide bonds. The first-order valence-corrected chi connectivity index (χ1v) is 4.23. The fraction of sp³-hybridized carbons (Fsp3) is 0.111. The van der Waals surface area contributed by atoms with Gasteiger partial charge < -0.3 is 5.11 Å². The van der Waals surface area contributed by atoms with E-state index < -0.39 is 27.0 Å². The van der Waals surface area contributed by atoms with E-state index in [2.05, 4.69) is 6.58 Å². The van der Waals surface area contributed by atoms with Crippen LogP contribution >= 0.6 is 0 Å². The standard InChI is InChI=1S/C9H8N2O5/c1-2-3-6-4-7(10(13)14)9(12)8(5-6)11(15)16/h2,4-5,12H,1,3H2. The van der Waals surface area contributed by atoms with Gasteiger partial charge in [0.1, 0.15) is 0 Å². The summed E-state index contributed by atoms with van der Waals surface area (Å²) in [6.45, 7) is 3.43. The number of benzene rings is 1. The summed E-state index contributed by atoms with van der Waals surface area (Å²) >= 11 is 0. The van der Waals surface area contributed by atoms with Gasteiger partial charge in [-0.1, -0.05) is 6.08 Å². The highest BCUT2D eigenvalue weighted by molar-refractivity contribution is 5.61. The molecule has 0 aromatic heterocycles. The third-order valence-electron chi connectivity index (χ3n) is 1.90. The number of aromatic hydroxyl groups is 1. The lowest BCUT2D eigenvalue weighted by Crippen LogP contribution is -1.96. The Bertz CT molecular complexity index is 434. The number of allylic oxidation sites excluding steroid dienone is 1. The summed E-state index contributed by atoms with van der Waals surface area (Å²) in [4.78, 5) is 19.4. The smallest absolute Gasteiger partial charge is 0.318 e. The molecule has 1 N–H and O–H groups in total. The molecule has 0 unspecified atom stereocenters. The molecule has 0 aliphatic rings. The van der Waals surface area contributed by atoms with Gasteiger partial charge in [-0.15, -0.1) is 6.58 Å². The van der Waals surface area contributed by atoms with Crippen LogP contribution in [0.4, 0.5) is 11.4 Å². The van der Waals surface area contributed by atoms with Gasteiger partial charge in [0, 0.05) is 12.1 Å². The van der Waals surface area contributed by atoms with Crippen molar-refractivity contribution in [1.29, 1.82) is 0 Å². The van der Waals surface area contributed by atoms with Gasteiger partial charge in [0.2, 0.25) is 0 Å². The molecule has 0 bridgehead atoms. The third-order valence-corrected chi connectivity index (χ3v) is 1.90. The predicted octanol–water partition coefficient (Wildman–Crippen LogP) is 1.94. The van der Waals surface area contributed by atoms with Crippen LogP contribution in [0.5, 0.6) is 5.75 Å². The van der Waals surface area contributed by atoms with Crippen molar-refractivity contribution in [3.8, 4) is 5.75 Å². The molecule has 7 nitrogen and oxygen atoms in total. The molecule has 1 rings (SSSR count). The van der Waals surface area contributed by atoms with Gasteiger partial charge in [0.15, 0.2) is 0 Å². The lowest BCUT2D eigenvalue weighted by molar-refractivity contribution is -0.396. The second-order valence-corrected chi connectivity index (χ2v) is 2.99. The number of phenolic OH excluding ortho intramolecular Hbond substituents is 1. The predicted molar refractivity (Wildman–Crippen MR) is 55.3 cm³/mol. The largest absolute Gasteiger partial charge is 0.497 e. The zero-order valence-electron chi connectivity index (χ0n) is 8.12. The van der Waals surface area contributed by atoms with Gasteiger partial charge in [-0.05, 0) is 12.0 Å². The molecular weight excluding hydrogens is 216 g/mol. The summed E-state index contributed by atoms with van der Waals surface area (Å²) in [5.41, 5.74) is -0.997. The molecule has 1 aromatic carbocycles. The second-order valence-electron chi connectivity index (χ2n) is 2.99. The van der Waals surface area contributed by atoms with Crippen LogP contribution in [-0.2, 0) is 6.42 Å². The zero-order valence-corrected chi connectivity index (χ0v) is 8.12. The van der Waals surface area contributed by atoms with Crippen molar-refractivity contribution in [3.63, 3.8) is 0 Å². The maximum absolute atomic E-state index is 10.6. The Hall–Kier alpha value is -2.44. The summed E-state index contributed by atoms with van der Waals surface area (Å²) in [6, 6.07) is 2.17. The molecule has 7 heteroatoms. The van der Waals surface area contributed by atoms with Crippen LogP contribution in [0.1, 0.15) is 5.56 Å². The molecule has 0 heterocycles. The van der Waals surface area contributed by atoms with E-state index in [1.165, 1.54) is 6.08 Å². The molecular formula is C9H8N2O5. The Morgan fingerprint density at radius 1 is 1.25 bits per heavy atom. The zero-order chi connectivity index (χ0) is 12.3. The minimum Gasteiger partial charge on any atom is -0.497 e. The Balaban J connectivity index is 3.44. The van der Waals surface area contributed by atoms with Crippen LogP contribution in [0.15, 0.2) is 24.8 Å². The van der Waals surface area contributed by atoms with Crippen LogP contribution < -0.4 is 0 Å². The summed E-state index contributed by atoms with van der Waals surface area (Å²) in [5, 5.41) is 30.4. The fourth-order valence-corrected chi connectivity index (χ4v) is 1.22. The molecule has 0 spiro atoms. The lowest BCUT2D eigenvalue weighted by atomic mass is 10.1. The van der Waals surface area contributed by atoms with Gasteiger partial charge in [0.05, 0.1) is 9.85 Å². The van der Waals surface area contributed by atoms with Gasteiger partial charge >= 0.3 is 11.4 Å². The Kier molecular flexibility index (Phi) is 3.19. The quantitative estimate of drug-likeness (QED) is 0.477. The minimum atomic E-state index is -0.928. The molecule has 0 atom stereocenters. The van der Waals surface area contributed by atoms with E-state index >= 15 is 0 Å². The first-order valence-electron chi connectivity index (χ1n) is 4.23. The van der Waals surface area contributed by atoms with E-state index in [-0.39, 0.29) is 6.42 Å². The Labute approximate surface area is 89.9 Å². The lowest BCUT2D eigenvalue weighted by Gasteiger charge is -2.01. The van der Waals surface area contributed by atoms with E-state index in [4.69, 9.17) is 0 Å². The molecule has 0 saturated heterocycles. The van der Waals surface area contributed by atoms with Crippen molar-refractivity contribution >= 4 is 11.4 Å². The third kappa shape index (κ3) is 2.14. The van der Waals surface area contributed by atoms with Gasteiger partial charge in [-0.25, -0.2) is 0 Å². The van der Waals surface area contributed by atoms with E-state index in [9.17, 15) is 25.3 Å². The van der Waals surface area contributed by atoms with E-state index in [1.54, 1.807) is 0 Å². The normalized spacial score (nSPS) is 9.75. The van der Waals surface area contributed by atoms with Crippen LogP contribution in [0, 0.1) is 20.2 Å². The number of phenols is 1. The maximum atomic E-state index is 10.6. The number of hydrogen-bond donors (Lipinski definition) is 1. The molecule has 16 heavy (non-hydrogen) atoms. The van der Waals surface area contributed by atoms with Gasteiger partial charge in [0.25, 0.3) is 5.75 Å². The minimum absolute atomic E-state index is 0.252. The maximum Gasteiger partial charge on any atom is 0.318 e. The molecule has 1 aromatic rings. The van der Waals surface area contributed by atoms with E-state index in [1.807, 2.05) is 0 Å². The molecule has 0 radical (unpaired) electrons. The first kappa shape index (κ1) is 11.6. The second kappa shape index (κ2) is 4.39. The highest BCUT2D eigenvalue weighted by Crippen LogP contribution is 2.36. The number of hydrogen-bond acceptors (Lipinski definition) is 5. The van der Waals surface area contributed by atoms with Crippen molar-refractivity contribution in [2.75, 3.05) is 0 Å². The topological polar surface area (TPSA) is 107 Å². The monoisotopic (exact) mass is 224 g/mol. The van der Waals surface area contributed by atoms with Crippen molar-refractivity contribution in [3.05, 3.63) is 50.6 Å². The number of nitro groups is 2. The van der Waals surface area contributed by atoms with Crippen LogP contribution in [-0.4, -0.2) is 15.0 Å². The average molecular weight is 224 g/mol. The first-order chi connectivity index (χ1) is 7.47. The van der Waals surface area contributed by atoms with Crippen LogP contribution in [0.3, 0.4) is 0 Å². The summed E-state index contributed by atoms with van der Waals surface area (Å²) in [6.07, 6.45) is 1.71. The van der Waals surface area contributed by atoms with E-state index in [0.717, 1.165) is 12.1 Å². The van der Waals surface area contributed by atoms with Crippen molar-refractivity contribution in [1.82, 2.24) is 0 Å². The summed E-state index contributed by atoms with van der Waals surface area (Å²) < 4.78 is 0. The van der Waals surface area contributed by atoms with Crippen LogP contribution in [0.2, 0.25) is 0 Å². The number of nitrogens with zero attached hydrogens (tertiary/aromatic N) is 2. The highest BCUT2D eigenvalue weighted by Gasteiger charge is 2.25. The molecule has 84 valence electrons. The number of rotatable bonds is 4. The molecule has 0 saturated carbocycles.